The minimum absolute atomic E-state index is 0.0278. The predicted octanol–water partition coefficient (Wildman–Crippen LogP) is 2.58. The smallest absolute Gasteiger partial charge is 0.172 e. The van der Waals surface area contributed by atoms with Gasteiger partial charge < -0.3 is 9.84 Å². The monoisotopic (exact) mass is 365 g/mol. The lowest BCUT2D eigenvalue weighted by Crippen LogP contribution is -2.08. The normalized spacial score (nSPS) is 10.9. The fourth-order valence-electron chi connectivity index (χ4n) is 2.53. The fourth-order valence-corrected chi connectivity index (χ4v) is 2.53. The molecule has 27 heavy (non-hydrogen) atoms. The minimum atomic E-state index is -0.471. The van der Waals surface area contributed by atoms with Crippen molar-refractivity contribution in [1.29, 1.82) is 0 Å². The van der Waals surface area contributed by atoms with E-state index in [2.05, 4.69) is 20.1 Å². The van der Waals surface area contributed by atoms with Crippen molar-refractivity contribution in [2.45, 2.75) is 6.42 Å². The lowest BCUT2D eigenvalue weighted by molar-refractivity contribution is 0.0992. The van der Waals surface area contributed by atoms with Crippen molar-refractivity contribution >= 4 is 11.4 Å². The van der Waals surface area contributed by atoms with E-state index in [0.29, 0.717) is 22.8 Å². The zero-order valence-corrected chi connectivity index (χ0v) is 13.8. The van der Waals surface area contributed by atoms with E-state index in [0.717, 1.165) is 6.20 Å². The third-order valence-corrected chi connectivity index (χ3v) is 3.72. The maximum atomic E-state index is 13.0. The predicted molar refractivity (Wildman–Crippen MR) is 91.2 cm³/mol. The number of pyridine rings is 3. The van der Waals surface area contributed by atoms with Crippen LogP contribution in [0.3, 0.4) is 0 Å². The molecule has 0 aromatic carbocycles. The second-order valence-corrected chi connectivity index (χ2v) is 5.67. The molecule has 4 aromatic heterocycles. The molecule has 0 saturated carbocycles. The number of rotatable bonds is 5. The number of nitrogens with zero attached hydrogens (tertiary/aromatic N) is 5. The molecule has 0 saturated heterocycles. The number of aromatic nitrogens is 5. The van der Waals surface area contributed by atoms with E-state index < -0.39 is 5.82 Å². The highest BCUT2D eigenvalue weighted by Gasteiger charge is 2.16. The zero-order valence-electron chi connectivity index (χ0n) is 13.8. The standard InChI is InChI=1S/C18H12FN5O3/c19-11-1-2-12(21-6-11)3-17(26)16-5-15(9-24-18(16)22-10-23-24)27-14-4-13(25)7-20-8-14/h1-2,4-10,25H,3H2. The van der Waals surface area contributed by atoms with Crippen molar-refractivity contribution in [3.8, 4) is 17.2 Å². The largest absolute Gasteiger partial charge is 0.506 e. The molecule has 0 amide bonds. The quantitative estimate of drug-likeness (QED) is 0.542. The number of Topliss-reactive ketones (excluding diaryl/α,β-unsaturated/α-hetero) is 1. The van der Waals surface area contributed by atoms with Crippen LogP contribution in [0, 0.1) is 5.82 Å². The molecule has 0 aliphatic heterocycles. The van der Waals surface area contributed by atoms with Gasteiger partial charge in [-0.3, -0.25) is 14.8 Å². The van der Waals surface area contributed by atoms with Gasteiger partial charge in [0.25, 0.3) is 0 Å². The molecule has 0 spiro atoms. The topological polar surface area (TPSA) is 102 Å². The zero-order chi connectivity index (χ0) is 18.8. The first-order valence-electron chi connectivity index (χ1n) is 7.87. The lowest BCUT2D eigenvalue weighted by atomic mass is 10.1. The second kappa shape index (κ2) is 6.79. The summed E-state index contributed by atoms with van der Waals surface area (Å²) < 4.78 is 20.1. The van der Waals surface area contributed by atoms with E-state index in [4.69, 9.17) is 4.74 Å². The van der Waals surface area contributed by atoms with Gasteiger partial charge in [0, 0.05) is 11.8 Å². The Morgan fingerprint density at radius 1 is 1.15 bits per heavy atom. The van der Waals surface area contributed by atoms with Crippen LogP contribution in [0.1, 0.15) is 16.1 Å². The Morgan fingerprint density at radius 2 is 2.04 bits per heavy atom. The molecular formula is C18H12FN5O3. The molecule has 134 valence electrons. The van der Waals surface area contributed by atoms with Gasteiger partial charge in [0.05, 0.1) is 36.8 Å². The Morgan fingerprint density at radius 3 is 2.81 bits per heavy atom. The van der Waals surface area contributed by atoms with Gasteiger partial charge in [-0.15, -0.1) is 0 Å². The Kier molecular flexibility index (Phi) is 4.17. The third-order valence-electron chi connectivity index (χ3n) is 3.72. The van der Waals surface area contributed by atoms with E-state index >= 15 is 0 Å². The minimum Gasteiger partial charge on any atom is -0.506 e. The number of halogens is 1. The van der Waals surface area contributed by atoms with Crippen LogP contribution in [0.15, 0.2) is 55.4 Å². The number of aromatic hydroxyl groups is 1. The van der Waals surface area contributed by atoms with Crippen molar-refractivity contribution in [2.24, 2.45) is 0 Å². The first kappa shape index (κ1) is 16.6. The van der Waals surface area contributed by atoms with Crippen molar-refractivity contribution < 1.29 is 19.0 Å². The van der Waals surface area contributed by atoms with E-state index in [9.17, 15) is 14.3 Å². The number of ether oxygens (including phenoxy) is 1. The summed E-state index contributed by atoms with van der Waals surface area (Å²) in [5, 5.41) is 13.5. The van der Waals surface area contributed by atoms with Gasteiger partial charge in [0.2, 0.25) is 0 Å². The summed E-state index contributed by atoms with van der Waals surface area (Å²) in [6, 6.07) is 5.62. The van der Waals surface area contributed by atoms with Crippen LogP contribution in [0.5, 0.6) is 17.2 Å². The van der Waals surface area contributed by atoms with Crippen molar-refractivity contribution in [3.63, 3.8) is 0 Å². The number of fused-ring (bicyclic) bond motifs is 1. The van der Waals surface area contributed by atoms with Crippen LogP contribution in [-0.4, -0.2) is 35.5 Å². The fraction of sp³-hybridized carbons (Fsp3) is 0.0556. The highest BCUT2D eigenvalue weighted by molar-refractivity contribution is 6.02. The Balaban J connectivity index is 1.67. The van der Waals surface area contributed by atoms with Crippen LogP contribution in [0.2, 0.25) is 0 Å². The Bertz CT molecular complexity index is 1130. The molecule has 0 aliphatic rings. The molecular weight excluding hydrogens is 353 g/mol. The highest BCUT2D eigenvalue weighted by atomic mass is 19.1. The first-order valence-corrected chi connectivity index (χ1v) is 7.87. The van der Waals surface area contributed by atoms with Crippen LogP contribution in [-0.2, 0) is 6.42 Å². The highest BCUT2D eigenvalue weighted by Crippen LogP contribution is 2.26. The van der Waals surface area contributed by atoms with Crippen molar-refractivity contribution in [1.82, 2.24) is 24.6 Å². The molecule has 1 N–H and O–H groups in total. The summed E-state index contributed by atoms with van der Waals surface area (Å²) in [4.78, 5) is 24.6. The van der Waals surface area contributed by atoms with Gasteiger partial charge in [-0.2, -0.15) is 5.10 Å². The number of carbonyl (C=O) groups is 1. The Labute approximate surface area is 151 Å². The number of ketones is 1. The van der Waals surface area contributed by atoms with E-state index in [1.54, 1.807) is 6.20 Å². The molecule has 0 bridgehead atoms. The molecule has 8 nitrogen and oxygen atoms in total. The molecule has 0 atom stereocenters. The van der Waals surface area contributed by atoms with Gasteiger partial charge in [0.1, 0.15) is 29.4 Å². The first-order chi connectivity index (χ1) is 13.1. The van der Waals surface area contributed by atoms with E-state index in [1.165, 1.54) is 47.5 Å². The van der Waals surface area contributed by atoms with Gasteiger partial charge in [-0.25, -0.2) is 13.9 Å². The van der Waals surface area contributed by atoms with Crippen LogP contribution in [0.4, 0.5) is 4.39 Å². The number of hydrogen-bond donors (Lipinski definition) is 1. The van der Waals surface area contributed by atoms with Gasteiger partial charge in [0.15, 0.2) is 11.4 Å². The Hall–Kier alpha value is -3.88. The molecule has 0 unspecified atom stereocenters. The molecule has 4 aromatic rings. The van der Waals surface area contributed by atoms with Gasteiger partial charge in [-0.1, -0.05) is 0 Å². The summed E-state index contributed by atoms with van der Waals surface area (Å²) in [6.07, 6.45) is 6.61. The molecule has 4 rings (SSSR count). The van der Waals surface area contributed by atoms with Crippen LogP contribution >= 0.6 is 0 Å². The number of carbonyl (C=O) groups excluding carboxylic acids is 1. The molecule has 4 heterocycles. The summed E-state index contributed by atoms with van der Waals surface area (Å²) in [5.41, 5.74) is 1.08. The van der Waals surface area contributed by atoms with E-state index in [1.807, 2.05) is 0 Å². The number of hydrogen-bond acceptors (Lipinski definition) is 7. The summed E-state index contributed by atoms with van der Waals surface area (Å²) >= 11 is 0. The van der Waals surface area contributed by atoms with Gasteiger partial charge in [-0.05, 0) is 18.2 Å². The molecule has 9 heteroatoms. The average molecular weight is 365 g/mol. The maximum absolute atomic E-state index is 13.0. The average Bonchev–Trinajstić information content (AvgIpc) is 3.11. The lowest BCUT2D eigenvalue weighted by Gasteiger charge is -2.09. The molecule has 0 fully saturated rings. The van der Waals surface area contributed by atoms with Crippen molar-refractivity contribution in [2.75, 3.05) is 0 Å². The third kappa shape index (κ3) is 3.56. The maximum Gasteiger partial charge on any atom is 0.172 e. The second-order valence-electron chi connectivity index (χ2n) is 5.67. The van der Waals surface area contributed by atoms with Crippen LogP contribution < -0.4 is 4.74 Å². The van der Waals surface area contributed by atoms with Crippen LogP contribution in [0.25, 0.3) is 5.65 Å². The molecule has 0 aliphatic carbocycles. The SMILES string of the molecule is O=C(Cc1ccc(F)cn1)c1cc(Oc2cncc(O)c2)cn2ncnc12. The summed E-state index contributed by atoms with van der Waals surface area (Å²) in [7, 11) is 0. The molecule has 0 radical (unpaired) electrons. The summed E-state index contributed by atoms with van der Waals surface area (Å²) in [5.74, 6) is -0.176. The van der Waals surface area contributed by atoms with E-state index in [-0.39, 0.29) is 23.5 Å². The van der Waals surface area contributed by atoms with Crippen molar-refractivity contribution in [3.05, 3.63) is 72.5 Å². The van der Waals surface area contributed by atoms with Gasteiger partial charge >= 0.3 is 0 Å². The summed E-state index contributed by atoms with van der Waals surface area (Å²) in [6.45, 7) is 0.